The molecule has 1 aromatic rings. The highest BCUT2D eigenvalue weighted by Gasteiger charge is 2.16. The molecule has 0 aromatic heterocycles. The first-order chi connectivity index (χ1) is 9.78. The molecule has 1 heterocycles. The minimum absolute atomic E-state index is 0. The molecule has 1 aliphatic rings. The Labute approximate surface area is 140 Å². The minimum Gasteiger partial charge on any atom is -0.303 e. The van der Waals surface area contributed by atoms with E-state index >= 15 is 0 Å². The summed E-state index contributed by atoms with van der Waals surface area (Å²) >= 11 is 5.91. The molecule has 1 nitrogen and oxygen atoms in total. The lowest BCUT2D eigenvalue weighted by Crippen LogP contribution is -2.35. The van der Waals surface area contributed by atoms with Gasteiger partial charge in [-0.25, -0.2) is 0 Å². The number of nitrogens with zero attached hydrogens (tertiary/aromatic N) is 1. The number of piperidine rings is 1. The molecular weight excluding hydrogens is 301 g/mol. The fourth-order valence-electron chi connectivity index (χ4n) is 2.86. The topological polar surface area (TPSA) is 3.24 Å². The molecular formula is C18H27Cl2N. The third-order valence-corrected chi connectivity index (χ3v) is 4.30. The fourth-order valence-corrected chi connectivity index (χ4v) is 2.98. The van der Waals surface area contributed by atoms with Crippen molar-refractivity contribution < 1.29 is 0 Å². The zero-order chi connectivity index (χ0) is 14.2. The van der Waals surface area contributed by atoms with Gasteiger partial charge in [0.1, 0.15) is 0 Å². The maximum absolute atomic E-state index is 5.91. The van der Waals surface area contributed by atoms with Crippen molar-refractivity contribution in [1.29, 1.82) is 0 Å². The monoisotopic (exact) mass is 327 g/mol. The summed E-state index contributed by atoms with van der Waals surface area (Å²) in [5, 5.41) is 0.807. The molecule has 1 aliphatic heterocycles. The highest BCUT2D eigenvalue weighted by Crippen LogP contribution is 2.20. The van der Waals surface area contributed by atoms with Gasteiger partial charge in [-0.1, -0.05) is 55.7 Å². The summed E-state index contributed by atoms with van der Waals surface area (Å²) in [4.78, 5) is 2.63. The molecule has 0 bridgehead atoms. The van der Waals surface area contributed by atoms with Gasteiger partial charge in [-0.3, -0.25) is 0 Å². The molecule has 0 radical (unpaired) electrons. The number of hydrogen-bond acceptors (Lipinski definition) is 1. The molecule has 0 saturated carbocycles. The Morgan fingerprint density at radius 3 is 2.71 bits per heavy atom. The maximum atomic E-state index is 5.91. The molecule has 2 rings (SSSR count). The summed E-state index contributed by atoms with van der Waals surface area (Å²) in [6.45, 7) is 6.07. The van der Waals surface area contributed by atoms with Gasteiger partial charge in [0.2, 0.25) is 0 Å². The maximum Gasteiger partial charge on any atom is 0.0406 e. The molecule has 1 unspecified atom stereocenters. The average molecular weight is 328 g/mol. The van der Waals surface area contributed by atoms with Crippen LogP contribution in [0.3, 0.4) is 0 Å². The second-order valence-electron chi connectivity index (χ2n) is 5.82. The molecule has 1 aromatic carbocycles. The Bertz CT molecular complexity index is 414. The normalized spacial score (nSPS) is 19.6. The molecule has 1 fully saturated rings. The van der Waals surface area contributed by atoms with Crippen LogP contribution in [0.25, 0.3) is 6.08 Å². The van der Waals surface area contributed by atoms with E-state index in [-0.39, 0.29) is 12.4 Å². The molecule has 3 heteroatoms. The number of halogens is 2. The highest BCUT2D eigenvalue weighted by atomic mass is 35.5. The van der Waals surface area contributed by atoms with Crippen molar-refractivity contribution in [3.8, 4) is 0 Å². The van der Waals surface area contributed by atoms with E-state index in [1.54, 1.807) is 0 Å². The van der Waals surface area contributed by atoms with E-state index in [0.717, 1.165) is 5.02 Å². The Hall–Kier alpha value is -0.500. The zero-order valence-electron chi connectivity index (χ0n) is 12.9. The van der Waals surface area contributed by atoms with Gasteiger partial charge in [0.05, 0.1) is 0 Å². The van der Waals surface area contributed by atoms with Crippen molar-refractivity contribution in [2.45, 2.75) is 39.0 Å². The third-order valence-electron chi connectivity index (χ3n) is 4.05. The van der Waals surface area contributed by atoms with E-state index in [0.29, 0.717) is 5.92 Å². The summed E-state index contributed by atoms with van der Waals surface area (Å²) < 4.78 is 0. The van der Waals surface area contributed by atoms with Crippen LogP contribution in [0.15, 0.2) is 30.3 Å². The van der Waals surface area contributed by atoms with Gasteiger partial charge >= 0.3 is 0 Å². The quantitative estimate of drug-likeness (QED) is 0.608. The lowest BCUT2D eigenvalue weighted by Gasteiger charge is -2.31. The van der Waals surface area contributed by atoms with Crippen LogP contribution in [0.5, 0.6) is 0 Å². The van der Waals surface area contributed by atoms with Gasteiger partial charge in [-0.15, -0.1) is 12.4 Å². The Morgan fingerprint density at radius 1 is 1.24 bits per heavy atom. The van der Waals surface area contributed by atoms with E-state index in [9.17, 15) is 0 Å². The van der Waals surface area contributed by atoms with E-state index in [4.69, 9.17) is 11.6 Å². The van der Waals surface area contributed by atoms with E-state index in [1.165, 1.54) is 57.3 Å². The molecule has 118 valence electrons. The van der Waals surface area contributed by atoms with Crippen LogP contribution in [0.1, 0.15) is 44.6 Å². The lowest BCUT2D eigenvalue weighted by molar-refractivity contribution is 0.194. The average Bonchev–Trinajstić information content (AvgIpc) is 2.47. The fraction of sp³-hybridized carbons (Fsp3) is 0.556. The molecule has 0 amide bonds. The predicted octanol–water partition coefficient (Wildman–Crippen LogP) is 5.68. The SMILES string of the molecule is CCCCCN1CCCC(C=Cc2ccc(Cl)cc2)C1.Cl. The van der Waals surface area contributed by atoms with E-state index in [1.807, 2.05) is 12.1 Å². The molecule has 1 saturated heterocycles. The summed E-state index contributed by atoms with van der Waals surface area (Å²) in [5.41, 5.74) is 1.25. The third kappa shape index (κ3) is 6.86. The van der Waals surface area contributed by atoms with E-state index < -0.39 is 0 Å². The Kier molecular flexibility index (Phi) is 9.07. The number of hydrogen-bond donors (Lipinski definition) is 0. The Morgan fingerprint density at radius 2 is 2.00 bits per heavy atom. The van der Waals surface area contributed by atoms with Crippen molar-refractivity contribution in [3.05, 3.63) is 40.9 Å². The van der Waals surface area contributed by atoms with Crippen LogP contribution >= 0.6 is 24.0 Å². The van der Waals surface area contributed by atoms with Crippen molar-refractivity contribution in [2.24, 2.45) is 5.92 Å². The van der Waals surface area contributed by atoms with Gasteiger partial charge < -0.3 is 4.90 Å². The molecule has 1 atom stereocenters. The molecule has 0 N–H and O–H groups in total. The van der Waals surface area contributed by atoms with Gasteiger partial charge in [-0.05, 0) is 56.0 Å². The first-order valence-corrected chi connectivity index (χ1v) is 8.32. The van der Waals surface area contributed by atoms with Gasteiger partial charge in [0, 0.05) is 11.6 Å². The van der Waals surface area contributed by atoms with Gasteiger partial charge in [0.25, 0.3) is 0 Å². The number of benzene rings is 1. The van der Waals surface area contributed by atoms with Crippen molar-refractivity contribution in [1.82, 2.24) is 4.90 Å². The molecule has 0 aliphatic carbocycles. The first-order valence-electron chi connectivity index (χ1n) is 7.94. The second kappa shape index (κ2) is 10.3. The van der Waals surface area contributed by atoms with Crippen LogP contribution in [-0.2, 0) is 0 Å². The van der Waals surface area contributed by atoms with Crippen molar-refractivity contribution >= 4 is 30.1 Å². The van der Waals surface area contributed by atoms with Crippen LogP contribution in [0.4, 0.5) is 0 Å². The Balaban J connectivity index is 0.00000220. The molecule has 0 spiro atoms. The van der Waals surface area contributed by atoms with Crippen LogP contribution < -0.4 is 0 Å². The minimum atomic E-state index is 0. The number of unbranched alkanes of at least 4 members (excludes halogenated alkanes) is 2. The smallest absolute Gasteiger partial charge is 0.0406 e. The van der Waals surface area contributed by atoms with Crippen molar-refractivity contribution in [3.63, 3.8) is 0 Å². The summed E-state index contributed by atoms with van der Waals surface area (Å²) in [6, 6.07) is 8.08. The van der Waals surface area contributed by atoms with Crippen molar-refractivity contribution in [2.75, 3.05) is 19.6 Å². The second-order valence-corrected chi connectivity index (χ2v) is 6.26. The number of rotatable bonds is 6. The zero-order valence-corrected chi connectivity index (χ0v) is 14.5. The van der Waals surface area contributed by atoms with Crippen LogP contribution in [0.2, 0.25) is 5.02 Å². The highest BCUT2D eigenvalue weighted by molar-refractivity contribution is 6.30. The standard InChI is InChI=1S/C18H26ClN.ClH/c1-2-3-4-13-20-14-5-6-17(15-20)8-7-16-9-11-18(19)12-10-16;/h7-12,17H,2-6,13-15H2,1H3;1H. The largest absolute Gasteiger partial charge is 0.303 e. The van der Waals surface area contributed by atoms with Gasteiger partial charge in [0.15, 0.2) is 0 Å². The summed E-state index contributed by atoms with van der Waals surface area (Å²) in [5.74, 6) is 0.709. The lowest BCUT2D eigenvalue weighted by atomic mass is 9.96. The van der Waals surface area contributed by atoms with Gasteiger partial charge in [-0.2, -0.15) is 0 Å². The van der Waals surface area contributed by atoms with Crippen LogP contribution in [0, 0.1) is 5.92 Å². The summed E-state index contributed by atoms with van der Waals surface area (Å²) in [6.07, 6.45) is 11.3. The van der Waals surface area contributed by atoms with E-state index in [2.05, 4.69) is 36.1 Å². The summed E-state index contributed by atoms with van der Waals surface area (Å²) in [7, 11) is 0. The molecule has 21 heavy (non-hydrogen) atoms. The first kappa shape index (κ1) is 18.5. The number of likely N-dealkylation sites (tertiary alicyclic amines) is 1. The predicted molar refractivity (Wildman–Crippen MR) is 96.4 cm³/mol. The van der Waals surface area contributed by atoms with Crippen LogP contribution in [-0.4, -0.2) is 24.5 Å².